The molecule has 0 saturated heterocycles. The first-order valence-corrected chi connectivity index (χ1v) is 5.70. The highest BCUT2D eigenvalue weighted by molar-refractivity contribution is 6.30. The summed E-state index contributed by atoms with van der Waals surface area (Å²) in [5.41, 5.74) is 8.96. The fourth-order valence-corrected chi connectivity index (χ4v) is 1.57. The van der Waals surface area contributed by atoms with Crippen LogP contribution in [-0.2, 0) is 4.79 Å². The first-order valence-electron chi connectivity index (χ1n) is 5.32. The van der Waals surface area contributed by atoms with Crippen molar-refractivity contribution in [3.8, 4) is 11.3 Å². The van der Waals surface area contributed by atoms with Gasteiger partial charge in [0.05, 0.1) is 0 Å². The number of rotatable bonds is 3. The van der Waals surface area contributed by atoms with Gasteiger partial charge < -0.3 is 4.42 Å². The van der Waals surface area contributed by atoms with Crippen molar-refractivity contribution in [2.45, 2.75) is 0 Å². The van der Waals surface area contributed by atoms with E-state index in [9.17, 15) is 4.79 Å². The van der Waals surface area contributed by atoms with Gasteiger partial charge >= 0.3 is 0 Å². The maximum Gasteiger partial charge on any atom is 0.242 e. The summed E-state index contributed by atoms with van der Waals surface area (Å²) in [6.45, 7) is 0. The summed E-state index contributed by atoms with van der Waals surface area (Å²) in [6, 6.07) is 10.7. The predicted octanol–water partition coefficient (Wildman–Crippen LogP) is 4.45. The van der Waals surface area contributed by atoms with E-state index in [1.165, 1.54) is 6.08 Å². The predicted molar refractivity (Wildman–Crippen MR) is 72.3 cm³/mol. The Bertz CT molecular complexity index is 667. The maximum absolute atomic E-state index is 11.0. The average Bonchev–Trinajstić information content (AvgIpc) is 2.86. The molecule has 6 heteroatoms. The van der Waals surface area contributed by atoms with Crippen LogP contribution in [0.15, 0.2) is 52.0 Å². The number of hydrogen-bond acceptors (Lipinski definition) is 2. The molecule has 0 N–H and O–H groups in total. The summed E-state index contributed by atoms with van der Waals surface area (Å²) in [5, 5.41) is 3.56. The first kappa shape index (κ1) is 13.0. The van der Waals surface area contributed by atoms with Crippen LogP contribution in [0.3, 0.4) is 0 Å². The lowest BCUT2D eigenvalue weighted by atomic mass is 10.2. The second-order valence-corrected chi connectivity index (χ2v) is 4.01. The van der Waals surface area contributed by atoms with E-state index in [0.29, 0.717) is 16.5 Å². The van der Waals surface area contributed by atoms with Crippen molar-refractivity contribution < 1.29 is 9.21 Å². The molecule has 94 valence electrons. The summed E-state index contributed by atoms with van der Waals surface area (Å²) >= 11 is 5.80. The van der Waals surface area contributed by atoms with E-state index in [1.807, 2.05) is 12.1 Å². The van der Waals surface area contributed by atoms with Crippen molar-refractivity contribution >= 4 is 23.6 Å². The third kappa shape index (κ3) is 3.48. The summed E-state index contributed by atoms with van der Waals surface area (Å²) in [7, 11) is 0. The number of halogens is 1. The number of furan rings is 1. The molecule has 5 nitrogen and oxygen atoms in total. The van der Waals surface area contributed by atoms with Gasteiger partial charge in [-0.3, -0.25) is 4.79 Å². The zero-order chi connectivity index (χ0) is 13.7. The molecule has 1 heterocycles. The molecule has 1 aromatic heterocycles. The minimum Gasteiger partial charge on any atom is -0.457 e. The van der Waals surface area contributed by atoms with Gasteiger partial charge in [-0.2, -0.15) is 0 Å². The molecule has 0 unspecified atom stereocenters. The van der Waals surface area contributed by atoms with Gasteiger partial charge in [-0.15, -0.1) is 0 Å². The Morgan fingerprint density at radius 2 is 2.00 bits per heavy atom. The highest BCUT2D eigenvalue weighted by Crippen LogP contribution is 2.24. The summed E-state index contributed by atoms with van der Waals surface area (Å²) < 4.78 is 5.52. The zero-order valence-electron chi connectivity index (χ0n) is 9.65. The molecule has 0 aliphatic heterocycles. The van der Waals surface area contributed by atoms with Gasteiger partial charge in [-0.1, -0.05) is 11.6 Å². The number of benzene rings is 1. The number of nitrogens with zero attached hydrogens (tertiary/aromatic N) is 3. The second-order valence-electron chi connectivity index (χ2n) is 3.57. The van der Waals surface area contributed by atoms with Gasteiger partial charge in [0.2, 0.25) is 5.91 Å². The molecule has 0 fully saturated rings. The molecule has 0 aliphatic rings. The minimum atomic E-state index is -0.674. The molecule has 2 rings (SSSR count). The highest BCUT2D eigenvalue weighted by Gasteiger charge is 2.03. The van der Waals surface area contributed by atoms with Crippen molar-refractivity contribution in [3.05, 3.63) is 63.7 Å². The summed E-state index contributed by atoms with van der Waals surface area (Å²) in [4.78, 5) is 13.4. The molecule has 2 aromatic rings. The van der Waals surface area contributed by atoms with Crippen molar-refractivity contribution in [2.24, 2.45) is 5.11 Å². The fraction of sp³-hybridized carbons (Fsp3) is 0. The molecular formula is C13H8ClN3O2. The first-order chi connectivity index (χ1) is 9.19. The van der Waals surface area contributed by atoms with Crippen LogP contribution in [0.2, 0.25) is 5.02 Å². The largest absolute Gasteiger partial charge is 0.457 e. The summed E-state index contributed by atoms with van der Waals surface area (Å²) in [6.07, 6.45) is 2.58. The van der Waals surface area contributed by atoms with Crippen LogP contribution in [0.5, 0.6) is 0 Å². The molecule has 0 bridgehead atoms. The van der Waals surface area contributed by atoms with Crippen LogP contribution in [0, 0.1) is 0 Å². The van der Waals surface area contributed by atoms with Crippen LogP contribution in [0.1, 0.15) is 5.76 Å². The topological polar surface area (TPSA) is 79.0 Å². The lowest BCUT2D eigenvalue weighted by molar-refractivity contribution is -0.113. The van der Waals surface area contributed by atoms with E-state index in [-0.39, 0.29) is 0 Å². The lowest BCUT2D eigenvalue weighted by Gasteiger charge is -1.96. The van der Waals surface area contributed by atoms with Gasteiger partial charge in [0, 0.05) is 15.5 Å². The van der Waals surface area contributed by atoms with Crippen molar-refractivity contribution in [2.75, 3.05) is 0 Å². The molecule has 0 atom stereocenters. The lowest BCUT2D eigenvalue weighted by Crippen LogP contribution is -1.81. The van der Waals surface area contributed by atoms with E-state index in [0.717, 1.165) is 11.6 Å². The van der Waals surface area contributed by atoms with E-state index in [2.05, 4.69) is 10.0 Å². The zero-order valence-corrected chi connectivity index (χ0v) is 10.4. The number of carbonyl (C=O) groups excluding carboxylic acids is 1. The van der Waals surface area contributed by atoms with Crippen molar-refractivity contribution in [1.82, 2.24) is 0 Å². The molecule has 0 saturated carbocycles. The van der Waals surface area contributed by atoms with Crippen LogP contribution >= 0.6 is 11.6 Å². The monoisotopic (exact) mass is 273 g/mol. The van der Waals surface area contributed by atoms with E-state index >= 15 is 0 Å². The average molecular weight is 274 g/mol. The van der Waals surface area contributed by atoms with Crippen molar-refractivity contribution in [1.29, 1.82) is 0 Å². The molecule has 0 radical (unpaired) electrons. The van der Waals surface area contributed by atoms with E-state index in [1.54, 1.807) is 24.3 Å². The molecule has 0 spiro atoms. The Balaban J connectivity index is 2.17. The Hall–Kier alpha value is -2.49. The molecule has 0 aliphatic carbocycles. The van der Waals surface area contributed by atoms with Gasteiger partial charge in [0.1, 0.15) is 11.5 Å². The van der Waals surface area contributed by atoms with Crippen LogP contribution < -0.4 is 0 Å². The number of amides is 1. The Kier molecular flexibility index (Phi) is 4.03. The van der Waals surface area contributed by atoms with E-state index in [4.69, 9.17) is 21.5 Å². The van der Waals surface area contributed by atoms with E-state index < -0.39 is 5.91 Å². The van der Waals surface area contributed by atoms with Crippen LogP contribution in [0.25, 0.3) is 27.8 Å². The Morgan fingerprint density at radius 3 is 2.68 bits per heavy atom. The third-order valence-electron chi connectivity index (χ3n) is 2.29. The van der Waals surface area contributed by atoms with Gasteiger partial charge in [0.15, 0.2) is 0 Å². The Labute approximate surface area is 113 Å². The normalized spacial score (nSPS) is 10.4. The third-order valence-corrected chi connectivity index (χ3v) is 2.54. The SMILES string of the molecule is [N-]=[N+]=NC(=O)/C=C/c1ccc(-c2ccc(Cl)cc2)o1. The fourth-order valence-electron chi connectivity index (χ4n) is 1.44. The van der Waals surface area contributed by atoms with Crippen LogP contribution in [0.4, 0.5) is 0 Å². The summed E-state index contributed by atoms with van der Waals surface area (Å²) in [5.74, 6) is 0.478. The number of carbonyl (C=O) groups is 1. The molecule has 1 aromatic carbocycles. The van der Waals surface area contributed by atoms with Gasteiger partial charge in [-0.25, -0.2) is 0 Å². The number of hydrogen-bond donors (Lipinski definition) is 0. The quantitative estimate of drug-likeness (QED) is 0.358. The standard InChI is InChI=1S/C13H8ClN3O2/c14-10-3-1-9(2-4-10)12-7-5-11(19-12)6-8-13(18)16-17-15/h1-8H/b8-6+. The molecular weight excluding hydrogens is 266 g/mol. The Morgan fingerprint density at radius 1 is 1.26 bits per heavy atom. The second kappa shape index (κ2) is 5.91. The molecule has 1 amide bonds. The minimum absolute atomic E-state index is 0.492. The van der Waals surface area contributed by atoms with Crippen molar-refractivity contribution in [3.63, 3.8) is 0 Å². The number of azide groups is 1. The van der Waals surface area contributed by atoms with Crippen LogP contribution in [-0.4, -0.2) is 5.91 Å². The highest BCUT2D eigenvalue weighted by atomic mass is 35.5. The molecule has 19 heavy (non-hydrogen) atoms. The smallest absolute Gasteiger partial charge is 0.242 e. The maximum atomic E-state index is 11.0. The van der Waals surface area contributed by atoms with Gasteiger partial charge in [-0.05, 0) is 59.2 Å². The van der Waals surface area contributed by atoms with Gasteiger partial charge in [0.25, 0.3) is 0 Å².